The number of halogens is 1. The van der Waals surface area contributed by atoms with Crippen molar-refractivity contribution in [2.75, 3.05) is 6.54 Å². The van der Waals surface area contributed by atoms with Gasteiger partial charge in [-0.25, -0.2) is 4.39 Å². The van der Waals surface area contributed by atoms with Gasteiger partial charge < -0.3 is 10.1 Å². The minimum atomic E-state index is -0.302. The maximum absolute atomic E-state index is 13.3. The third-order valence-electron chi connectivity index (χ3n) is 3.02. The quantitative estimate of drug-likeness (QED) is 0.870. The third-order valence-corrected chi connectivity index (χ3v) is 3.02. The van der Waals surface area contributed by atoms with E-state index in [1.165, 1.54) is 12.1 Å². The highest BCUT2D eigenvalue weighted by Gasteiger charge is 2.05. The molecule has 0 unspecified atom stereocenters. The van der Waals surface area contributed by atoms with E-state index in [1.807, 2.05) is 13.0 Å². The number of nitrogens with zero attached hydrogens (tertiary/aromatic N) is 1. The van der Waals surface area contributed by atoms with Gasteiger partial charge in [0.25, 0.3) is 0 Å². The predicted octanol–water partition coefficient (Wildman–Crippen LogP) is 4.07. The lowest BCUT2D eigenvalue weighted by atomic mass is 10.2. The molecular formula is C17H21FN2O. The second-order valence-corrected chi connectivity index (χ2v) is 5.52. The number of aryl methyl sites for hydroxylation is 1. The van der Waals surface area contributed by atoms with E-state index in [9.17, 15) is 4.39 Å². The van der Waals surface area contributed by atoms with E-state index in [4.69, 9.17) is 4.74 Å². The molecule has 3 nitrogen and oxygen atoms in total. The van der Waals surface area contributed by atoms with Crippen LogP contribution in [-0.2, 0) is 6.54 Å². The number of benzene rings is 1. The molecule has 0 aliphatic heterocycles. The Hall–Kier alpha value is -1.94. The van der Waals surface area contributed by atoms with Crippen LogP contribution in [0.5, 0.6) is 11.5 Å². The Kier molecular flexibility index (Phi) is 5.28. The van der Waals surface area contributed by atoms with Crippen molar-refractivity contribution in [1.82, 2.24) is 10.3 Å². The summed E-state index contributed by atoms with van der Waals surface area (Å²) in [4.78, 5) is 4.30. The normalized spacial score (nSPS) is 10.9. The fourth-order valence-electron chi connectivity index (χ4n) is 1.92. The highest BCUT2D eigenvalue weighted by Crippen LogP contribution is 2.25. The summed E-state index contributed by atoms with van der Waals surface area (Å²) in [6, 6.07) is 8.17. The van der Waals surface area contributed by atoms with Crippen LogP contribution in [0.2, 0.25) is 0 Å². The molecule has 4 heteroatoms. The Balaban J connectivity index is 2.05. The molecule has 1 heterocycles. The summed E-state index contributed by atoms with van der Waals surface area (Å²) in [6.07, 6.45) is 1.70. The van der Waals surface area contributed by atoms with Gasteiger partial charge >= 0.3 is 0 Å². The largest absolute Gasteiger partial charge is 0.457 e. The molecule has 0 radical (unpaired) electrons. The standard InChI is InChI=1S/C17H21FN2O/c1-12(2)10-19-11-15-9-16(6-7-20-15)21-17-8-14(18)5-4-13(17)3/h4-9,12,19H,10-11H2,1-3H3. The van der Waals surface area contributed by atoms with Crippen molar-refractivity contribution in [2.24, 2.45) is 5.92 Å². The molecule has 0 aliphatic rings. The summed E-state index contributed by atoms with van der Waals surface area (Å²) in [5.74, 6) is 1.49. The summed E-state index contributed by atoms with van der Waals surface area (Å²) in [5.41, 5.74) is 1.80. The van der Waals surface area contributed by atoms with E-state index >= 15 is 0 Å². The van der Waals surface area contributed by atoms with Crippen LogP contribution >= 0.6 is 0 Å². The van der Waals surface area contributed by atoms with Gasteiger partial charge in [-0.1, -0.05) is 19.9 Å². The molecule has 1 aromatic heterocycles. The number of hydrogen-bond acceptors (Lipinski definition) is 3. The summed E-state index contributed by atoms with van der Waals surface area (Å²) >= 11 is 0. The van der Waals surface area contributed by atoms with Crippen LogP contribution in [0.15, 0.2) is 36.5 Å². The SMILES string of the molecule is Cc1ccc(F)cc1Oc1ccnc(CNCC(C)C)c1. The highest BCUT2D eigenvalue weighted by atomic mass is 19.1. The van der Waals surface area contributed by atoms with Gasteiger partial charge in [0.1, 0.15) is 17.3 Å². The number of hydrogen-bond donors (Lipinski definition) is 1. The lowest BCUT2D eigenvalue weighted by Gasteiger charge is -2.10. The minimum absolute atomic E-state index is 0.302. The molecule has 0 saturated carbocycles. The topological polar surface area (TPSA) is 34.1 Å². The second kappa shape index (κ2) is 7.18. The number of pyridine rings is 1. The molecule has 1 aromatic carbocycles. The smallest absolute Gasteiger partial charge is 0.133 e. The van der Waals surface area contributed by atoms with Crippen LogP contribution in [-0.4, -0.2) is 11.5 Å². The molecule has 112 valence electrons. The van der Waals surface area contributed by atoms with E-state index < -0.39 is 0 Å². The van der Waals surface area contributed by atoms with Crippen LogP contribution in [0.1, 0.15) is 25.1 Å². The van der Waals surface area contributed by atoms with Crippen LogP contribution in [0.25, 0.3) is 0 Å². The Bertz CT molecular complexity index is 599. The molecule has 1 N–H and O–H groups in total. The van der Waals surface area contributed by atoms with Crippen molar-refractivity contribution in [3.8, 4) is 11.5 Å². The molecular weight excluding hydrogens is 267 g/mol. The van der Waals surface area contributed by atoms with Gasteiger partial charge in [0, 0.05) is 24.9 Å². The molecule has 0 amide bonds. The number of nitrogens with one attached hydrogen (secondary N) is 1. The third kappa shape index (κ3) is 4.83. The Labute approximate surface area is 125 Å². The first-order chi connectivity index (χ1) is 10.0. The van der Waals surface area contributed by atoms with E-state index in [0.29, 0.717) is 24.0 Å². The van der Waals surface area contributed by atoms with Gasteiger partial charge in [-0.3, -0.25) is 4.98 Å². The highest BCUT2D eigenvalue weighted by molar-refractivity contribution is 5.37. The molecule has 2 aromatic rings. The first kappa shape index (κ1) is 15.4. The summed E-state index contributed by atoms with van der Waals surface area (Å²) < 4.78 is 19.0. The van der Waals surface area contributed by atoms with Crippen molar-refractivity contribution in [2.45, 2.75) is 27.3 Å². The Morgan fingerprint density at radius 2 is 2.05 bits per heavy atom. The zero-order valence-electron chi connectivity index (χ0n) is 12.7. The summed E-state index contributed by atoms with van der Waals surface area (Å²) in [5, 5.41) is 3.33. The second-order valence-electron chi connectivity index (χ2n) is 5.52. The average molecular weight is 288 g/mol. The van der Waals surface area contributed by atoms with Crippen LogP contribution < -0.4 is 10.1 Å². The Morgan fingerprint density at radius 3 is 2.81 bits per heavy atom. The van der Waals surface area contributed by atoms with Gasteiger partial charge in [0.05, 0.1) is 5.69 Å². The molecule has 0 atom stereocenters. The maximum Gasteiger partial charge on any atom is 0.133 e. The van der Waals surface area contributed by atoms with Crippen LogP contribution in [0.4, 0.5) is 4.39 Å². The van der Waals surface area contributed by atoms with Crippen LogP contribution in [0, 0.1) is 18.7 Å². The van der Waals surface area contributed by atoms with Crippen molar-refractivity contribution in [3.63, 3.8) is 0 Å². The first-order valence-corrected chi connectivity index (χ1v) is 7.14. The van der Waals surface area contributed by atoms with Gasteiger partial charge in [-0.2, -0.15) is 0 Å². The van der Waals surface area contributed by atoms with Gasteiger partial charge in [-0.15, -0.1) is 0 Å². The fraction of sp³-hybridized carbons (Fsp3) is 0.353. The van der Waals surface area contributed by atoms with Crippen LogP contribution in [0.3, 0.4) is 0 Å². The van der Waals surface area contributed by atoms with E-state index in [-0.39, 0.29) is 5.82 Å². The van der Waals surface area contributed by atoms with Gasteiger partial charge in [0.2, 0.25) is 0 Å². The molecule has 0 aliphatic carbocycles. The molecule has 0 saturated heterocycles. The molecule has 0 fully saturated rings. The lowest BCUT2D eigenvalue weighted by molar-refractivity contribution is 0.470. The number of ether oxygens (including phenoxy) is 1. The van der Waals surface area contributed by atoms with E-state index in [0.717, 1.165) is 17.8 Å². The minimum Gasteiger partial charge on any atom is -0.457 e. The number of aromatic nitrogens is 1. The van der Waals surface area contributed by atoms with Crippen molar-refractivity contribution in [1.29, 1.82) is 0 Å². The summed E-state index contributed by atoms with van der Waals surface area (Å²) in [7, 11) is 0. The maximum atomic E-state index is 13.3. The van der Waals surface area contributed by atoms with Crippen molar-refractivity contribution in [3.05, 3.63) is 53.6 Å². The number of rotatable bonds is 6. The average Bonchev–Trinajstić information content (AvgIpc) is 2.43. The zero-order valence-corrected chi connectivity index (χ0v) is 12.7. The predicted molar refractivity (Wildman–Crippen MR) is 82.0 cm³/mol. The lowest BCUT2D eigenvalue weighted by Crippen LogP contribution is -2.19. The molecule has 0 spiro atoms. The molecule has 0 bridgehead atoms. The zero-order chi connectivity index (χ0) is 15.2. The van der Waals surface area contributed by atoms with Crippen molar-refractivity contribution >= 4 is 0 Å². The van der Waals surface area contributed by atoms with Gasteiger partial charge in [0.15, 0.2) is 0 Å². The van der Waals surface area contributed by atoms with E-state index in [1.54, 1.807) is 18.3 Å². The van der Waals surface area contributed by atoms with Gasteiger partial charge in [-0.05, 0) is 37.1 Å². The summed E-state index contributed by atoms with van der Waals surface area (Å²) in [6.45, 7) is 7.84. The Morgan fingerprint density at radius 1 is 1.24 bits per heavy atom. The van der Waals surface area contributed by atoms with Crippen molar-refractivity contribution < 1.29 is 9.13 Å². The fourth-order valence-corrected chi connectivity index (χ4v) is 1.92. The monoisotopic (exact) mass is 288 g/mol. The molecule has 2 rings (SSSR count). The van der Waals surface area contributed by atoms with E-state index in [2.05, 4.69) is 24.1 Å². The first-order valence-electron chi connectivity index (χ1n) is 7.14. The molecule has 21 heavy (non-hydrogen) atoms.